The Hall–Kier alpha value is -0.850. The van der Waals surface area contributed by atoms with Crippen LogP contribution in [-0.2, 0) is 4.74 Å². The first kappa shape index (κ1) is 25.4. The minimum absolute atomic E-state index is 0.226. The lowest BCUT2D eigenvalue weighted by Gasteiger charge is -2.44. The van der Waals surface area contributed by atoms with Crippen LogP contribution in [-0.4, -0.2) is 66.6 Å². The summed E-state index contributed by atoms with van der Waals surface area (Å²) in [4.78, 5) is 0.520. The van der Waals surface area contributed by atoms with Crippen molar-refractivity contribution in [2.75, 3.05) is 13.1 Å². The van der Waals surface area contributed by atoms with E-state index < -0.39 is 67.9 Å². The van der Waals surface area contributed by atoms with Crippen molar-refractivity contribution in [2.24, 2.45) is 0 Å². The Morgan fingerprint density at radius 3 is 1.53 bits per heavy atom. The van der Waals surface area contributed by atoms with E-state index in [1.165, 1.54) is 0 Å². The Morgan fingerprint density at radius 2 is 1.10 bits per heavy atom. The minimum atomic E-state index is -5.98. The predicted octanol–water partition coefficient (Wildman–Crippen LogP) is 5.90. The second-order valence-corrected chi connectivity index (χ2v) is 7.69. The maximum atomic E-state index is 14.9. The number of hydrogen-bond donors (Lipinski definition) is 0. The molecular weight excluding hydrogens is 443 g/mol. The first-order valence-electron chi connectivity index (χ1n) is 9.52. The molecule has 4 unspecified atom stereocenters. The molecule has 30 heavy (non-hydrogen) atoms. The summed E-state index contributed by atoms with van der Waals surface area (Å²) in [5.41, 5.74) is 0. The molecule has 0 aromatic heterocycles. The molecule has 2 saturated heterocycles. The van der Waals surface area contributed by atoms with Crippen LogP contribution in [0.25, 0.3) is 0 Å². The molecule has 13 heteroatoms. The summed E-state index contributed by atoms with van der Waals surface area (Å²) in [6.45, 7) is -0.598. The summed E-state index contributed by atoms with van der Waals surface area (Å²) in [6.07, 6.45) is -22.5. The maximum absolute atomic E-state index is 14.9. The van der Waals surface area contributed by atoms with Crippen molar-refractivity contribution in [2.45, 2.75) is 93.6 Å². The van der Waals surface area contributed by atoms with Gasteiger partial charge in [0.15, 0.2) is 6.04 Å². The van der Waals surface area contributed by atoms with E-state index in [0.717, 1.165) is 0 Å². The van der Waals surface area contributed by atoms with Crippen LogP contribution < -0.4 is 0 Å². The molecule has 2 rings (SSSR count). The number of likely N-dealkylation sites (tertiary alicyclic amines) is 1. The van der Waals surface area contributed by atoms with Crippen LogP contribution in [0.2, 0.25) is 0 Å². The number of nitrogens with zero attached hydrogens (tertiary/aromatic N) is 1. The Bertz CT molecular complexity index is 555. The smallest absolute Gasteiger partial charge is 0.362 e. The molecule has 0 saturated carbocycles. The van der Waals surface area contributed by atoms with Gasteiger partial charge in [-0.2, -0.15) is 26.3 Å². The minimum Gasteiger partial charge on any atom is -0.362 e. The highest BCUT2D eigenvalue weighted by atomic mass is 19.4. The van der Waals surface area contributed by atoms with E-state index in [-0.39, 0.29) is 25.9 Å². The van der Waals surface area contributed by atoms with Gasteiger partial charge < -0.3 is 4.74 Å². The zero-order valence-electron chi connectivity index (χ0n) is 15.7. The summed E-state index contributed by atoms with van der Waals surface area (Å²) in [5, 5.41) is 0. The molecule has 178 valence electrons. The van der Waals surface area contributed by atoms with Crippen molar-refractivity contribution < 1.29 is 53.0 Å². The van der Waals surface area contributed by atoms with Crippen LogP contribution in [0.5, 0.6) is 0 Å². The van der Waals surface area contributed by atoms with Gasteiger partial charge in [-0.1, -0.05) is 12.8 Å². The standard InChI is InChI=1S/C17H22F11NO/c18-12(16(23,24)25)14(19,20)10-6-5-7-11(30-10)15(21,22)13(17(26,27)28)29-8-3-1-2-4-9-29/h10-13H,1-9H2. The molecule has 0 aromatic rings. The lowest BCUT2D eigenvalue weighted by molar-refractivity contribution is -0.316. The van der Waals surface area contributed by atoms with E-state index in [9.17, 15) is 48.3 Å². The third kappa shape index (κ3) is 5.49. The summed E-state index contributed by atoms with van der Waals surface area (Å²) in [7, 11) is 0. The average molecular weight is 465 g/mol. The second kappa shape index (κ2) is 8.95. The Kier molecular flexibility index (Phi) is 7.58. The number of halogens is 11. The van der Waals surface area contributed by atoms with E-state index in [0.29, 0.717) is 17.7 Å². The molecular formula is C17H22F11NO. The van der Waals surface area contributed by atoms with Crippen molar-refractivity contribution >= 4 is 0 Å². The Labute approximate surface area is 165 Å². The van der Waals surface area contributed by atoms with Gasteiger partial charge in [-0.25, -0.2) is 22.0 Å². The van der Waals surface area contributed by atoms with Crippen molar-refractivity contribution in [3.63, 3.8) is 0 Å². The molecule has 0 bridgehead atoms. The Morgan fingerprint density at radius 1 is 0.633 bits per heavy atom. The van der Waals surface area contributed by atoms with Crippen LogP contribution >= 0.6 is 0 Å². The molecule has 0 radical (unpaired) electrons. The van der Waals surface area contributed by atoms with Gasteiger partial charge in [-0.15, -0.1) is 0 Å². The molecule has 2 heterocycles. The van der Waals surface area contributed by atoms with Crippen molar-refractivity contribution in [1.82, 2.24) is 4.90 Å². The van der Waals surface area contributed by atoms with Crippen LogP contribution in [0.4, 0.5) is 48.3 Å². The number of hydrogen-bond acceptors (Lipinski definition) is 2. The molecule has 2 fully saturated rings. The number of ether oxygens (including phenoxy) is 1. The van der Waals surface area contributed by atoms with Crippen LogP contribution in [0.15, 0.2) is 0 Å². The molecule has 2 aliphatic heterocycles. The lowest BCUT2D eigenvalue weighted by atomic mass is 9.91. The molecule has 0 aliphatic carbocycles. The zero-order valence-corrected chi connectivity index (χ0v) is 15.7. The van der Waals surface area contributed by atoms with Crippen LogP contribution in [0.1, 0.15) is 44.9 Å². The number of alkyl halides is 11. The molecule has 0 spiro atoms. The quantitative estimate of drug-likeness (QED) is 0.469. The van der Waals surface area contributed by atoms with E-state index in [1.54, 1.807) is 0 Å². The third-order valence-corrected chi connectivity index (χ3v) is 5.43. The van der Waals surface area contributed by atoms with Crippen LogP contribution in [0.3, 0.4) is 0 Å². The first-order valence-corrected chi connectivity index (χ1v) is 9.52. The van der Waals surface area contributed by atoms with Gasteiger partial charge in [0, 0.05) is 0 Å². The fraction of sp³-hybridized carbons (Fsp3) is 1.00. The van der Waals surface area contributed by atoms with E-state index in [2.05, 4.69) is 4.74 Å². The van der Waals surface area contributed by atoms with E-state index in [1.807, 2.05) is 0 Å². The van der Waals surface area contributed by atoms with Gasteiger partial charge in [0.1, 0.15) is 12.2 Å². The van der Waals surface area contributed by atoms with Gasteiger partial charge in [-0.3, -0.25) is 4.90 Å². The fourth-order valence-corrected chi connectivity index (χ4v) is 3.97. The summed E-state index contributed by atoms with van der Waals surface area (Å²) in [5.74, 6) is -9.94. The largest absolute Gasteiger partial charge is 0.425 e. The van der Waals surface area contributed by atoms with Crippen molar-refractivity contribution in [3.05, 3.63) is 0 Å². The second-order valence-electron chi connectivity index (χ2n) is 7.69. The molecule has 2 nitrogen and oxygen atoms in total. The highest BCUT2D eigenvalue weighted by molar-refractivity contribution is 5.00. The zero-order chi connectivity index (χ0) is 23.0. The lowest BCUT2D eigenvalue weighted by Crippen LogP contribution is -2.63. The van der Waals surface area contributed by atoms with Crippen LogP contribution in [0, 0.1) is 0 Å². The summed E-state index contributed by atoms with van der Waals surface area (Å²) >= 11 is 0. The monoisotopic (exact) mass is 465 g/mol. The van der Waals surface area contributed by atoms with Gasteiger partial charge in [0.05, 0.1) is 0 Å². The van der Waals surface area contributed by atoms with Gasteiger partial charge >= 0.3 is 18.3 Å². The summed E-state index contributed by atoms with van der Waals surface area (Å²) in [6, 6.07) is -3.34. The molecule has 0 amide bonds. The average Bonchev–Trinajstić information content (AvgIpc) is 2.88. The SMILES string of the molecule is FC(C(F)(F)F)C(F)(F)C1CCCC(C(F)(F)C(N2CCCCCC2)C(F)(F)F)O1. The highest BCUT2D eigenvalue weighted by Crippen LogP contribution is 2.46. The molecule has 2 aliphatic rings. The molecule has 0 N–H and O–H groups in total. The van der Waals surface area contributed by atoms with Gasteiger partial charge in [0.2, 0.25) is 0 Å². The highest BCUT2D eigenvalue weighted by Gasteiger charge is 2.66. The molecule has 4 atom stereocenters. The van der Waals surface area contributed by atoms with Crippen molar-refractivity contribution in [1.29, 1.82) is 0 Å². The fourth-order valence-electron chi connectivity index (χ4n) is 3.97. The normalized spacial score (nSPS) is 28.1. The third-order valence-electron chi connectivity index (χ3n) is 5.43. The first-order chi connectivity index (χ1) is 13.6. The van der Waals surface area contributed by atoms with Gasteiger partial charge in [-0.05, 0) is 45.2 Å². The molecule has 0 aromatic carbocycles. The predicted molar refractivity (Wildman–Crippen MR) is 83.2 cm³/mol. The summed E-state index contributed by atoms with van der Waals surface area (Å²) < 4.78 is 153. The van der Waals surface area contributed by atoms with Crippen molar-refractivity contribution in [3.8, 4) is 0 Å². The van der Waals surface area contributed by atoms with E-state index >= 15 is 0 Å². The van der Waals surface area contributed by atoms with E-state index in [4.69, 9.17) is 0 Å². The topological polar surface area (TPSA) is 12.5 Å². The van der Waals surface area contributed by atoms with Gasteiger partial charge in [0.25, 0.3) is 12.1 Å². The number of rotatable bonds is 5. The maximum Gasteiger partial charge on any atom is 0.425 e. The Balaban J connectivity index is 2.28.